The molecule has 1 saturated carbocycles. The smallest absolute Gasteiger partial charge is 0.341 e. The van der Waals surface area contributed by atoms with E-state index < -0.39 is 12.6 Å². The summed E-state index contributed by atoms with van der Waals surface area (Å²) in [6, 6.07) is 6.55. The number of carbonyl (C=O) groups excluding carboxylic acids is 1. The summed E-state index contributed by atoms with van der Waals surface area (Å²) in [7, 11) is 1.87. The second-order valence-electron chi connectivity index (χ2n) is 5.58. The van der Waals surface area contributed by atoms with E-state index in [1.165, 1.54) is 0 Å². The zero-order valence-electron chi connectivity index (χ0n) is 12.6. The van der Waals surface area contributed by atoms with Crippen molar-refractivity contribution in [1.29, 1.82) is 0 Å². The van der Waals surface area contributed by atoms with Gasteiger partial charge in [0.15, 0.2) is 6.61 Å². The molecule has 1 amide bonds. The highest BCUT2D eigenvalue weighted by molar-refractivity contribution is 5.94. The summed E-state index contributed by atoms with van der Waals surface area (Å²) in [5.74, 6) is -0.442. The van der Waals surface area contributed by atoms with Crippen LogP contribution in [0.2, 0.25) is 0 Å². The van der Waals surface area contributed by atoms with Crippen molar-refractivity contribution in [1.82, 2.24) is 15.1 Å². The Morgan fingerprint density at radius 2 is 2.13 bits per heavy atom. The minimum atomic E-state index is -1.04. The number of hydrogen-bond acceptors (Lipinski definition) is 4. The molecule has 1 aliphatic carbocycles. The molecule has 1 aliphatic rings. The van der Waals surface area contributed by atoms with Crippen LogP contribution in [0.4, 0.5) is 0 Å². The van der Waals surface area contributed by atoms with Crippen molar-refractivity contribution in [3.05, 3.63) is 47.8 Å². The number of benzene rings is 1. The van der Waals surface area contributed by atoms with Crippen LogP contribution in [0.3, 0.4) is 0 Å². The topological polar surface area (TPSA) is 93.5 Å². The Morgan fingerprint density at radius 3 is 2.74 bits per heavy atom. The first-order valence-electron chi connectivity index (χ1n) is 7.27. The molecule has 23 heavy (non-hydrogen) atoms. The van der Waals surface area contributed by atoms with Gasteiger partial charge in [0.25, 0.3) is 5.91 Å². The number of aliphatic carboxylic acids is 1. The number of aromatic nitrogens is 2. The summed E-state index contributed by atoms with van der Waals surface area (Å²) in [4.78, 5) is 22.6. The van der Waals surface area contributed by atoms with Crippen LogP contribution in [0, 0.1) is 0 Å². The minimum absolute atomic E-state index is 0.134. The lowest BCUT2D eigenvalue weighted by Gasteiger charge is -2.06. The van der Waals surface area contributed by atoms with Gasteiger partial charge in [-0.05, 0) is 36.2 Å². The van der Waals surface area contributed by atoms with Crippen LogP contribution in [0.1, 0.15) is 28.3 Å². The number of carboxylic acids is 1. The molecule has 7 nitrogen and oxygen atoms in total. The number of aryl methyl sites for hydroxylation is 1. The lowest BCUT2D eigenvalue weighted by Crippen LogP contribution is -2.26. The highest BCUT2D eigenvalue weighted by Crippen LogP contribution is 2.40. The monoisotopic (exact) mass is 315 g/mol. The molecular formula is C16H17N3O4. The summed E-state index contributed by atoms with van der Waals surface area (Å²) < 4.78 is 6.78. The molecule has 0 bridgehead atoms. The van der Waals surface area contributed by atoms with E-state index in [1.807, 2.05) is 19.4 Å². The number of hydrogen-bond donors (Lipinski definition) is 2. The SMILES string of the molecule is Cn1cc([C@@H]2C[C@H]2NC(=O)c2ccc(OCC(=O)O)cc2)cn1. The lowest BCUT2D eigenvalue weighted by molar-refractivity contribution is -0.139. The molecule has 0 unspecified atom stereocenters. The fraction of sp³-hybridized carbons (Fsp3) is 0.312. The normalized spacial score (nSPS) is 19.2. The summed E-state index contributed by atoms with van der Waals surface area (Å²) in [6.45, 7) is -0.402. The van der Waals surface area contributed by atoms with Crippen molar-refractivity contribution >= 4 is 11.9 Å². The number of nitrogens with one attached hydrogen (secondary N) is 1. The Hall–Kier alpha value is -2.83. The van der Waals surface area contributed by atoms with Gasteiger partial charge in [0.05, 0.1) is 6.20 Å². The van der Waals surface area contributed by atoms with Gasteiger partial charge in [0, 0.05) is 30.8 Å². The number of ether oxygens (including phenoxy) is 1. The van der Waals surface area contributed by atoms with E-state index in [-0.39, 0.29) is 11.9 Å². The molecule has 7 heteroatoms. The van der Waals surface area contributed by atoms with E-state index in [1.54, 1.807) is 28.9 Å². The number of nitrogens with zero attached hydrogens (tertiary/aromatic N) is 2. The van der Waals surface area contributed by atoms with Gasteiger partial charge in [-0.15, -0.1) is 0 Å². The Kier molecular flexibility index (Phi) is 4.01. The molecule has 1 heterocycles. The molecule has 0 saturated heterocycles. The van der Waals surface area contributed by atoms with E-state index in [2.05, 4.69) is 10.4 Å². The van der Waals surface area contributed by atoms with Crippen LogP contribution in [-0.2, 0) is 11.8 Å². The van der Waals surface area contributed by atoms with Crippen LogP contribution in [0.15, 0.2) is 36.7 Å². The largest absolute Gasteiger partial charge is 0.482 e. The van der Waals surface area contributed by atoms with Gasteiger partial charge >= 0.3 is 5.97 Å². The molecule has 120 valence electrons. The Labute approximate surface area is 132 Å². The third-order valence-corrected chi connectivity index (χ3v) is 3.74. The third kappa shape index (κ3) is 3.68. The molecule has 2 atom stereocenters. The van der Waals surface area contributed by atoms with Gasteiger partial charge in [-0.2, -0.15) is 5.10 Å². The van der Waals surface area contributed by atoms with Crippen LogP contribution in [-0.4, -0.2) is 39.4 Å². The van der Waals surface area contributed by atoms with Crippen molar-refractivity contribution in [3.63, 3.8) is 0 Å². The molecule has 1 fully saturated rings. The third-order valence-electron chi connectivity index (χ3n) is 3.74. The van der Waals surface area contributed by atoms with E-state index in [0.29, 0.717) is 17.2 Å². The van der Waals surface area contributed by atoms with E-state index in [0.717, 1.165) is 12.0 Å². The first-order valence-corrected chi connectivity index (χ1v) is 7.27. The molecule has 2 aromatic rings. The van der Waals surface area contributed by atoms with Crippen LogP contribution in [0.5, 0.6) is 5.75 Å². The summed E-state index contributed by atoms with van der Waals surface area (Å²) in [5.41, 5.74) is 1.65. The van der Waals surface area contributed by atoms with Gasteiger partial charge < -0.3 is 15.2 Å². The van der Waals surface area contributed by atoms with Crippen LogP contribution in [0.25, 0.3) is 0 Å². The maximum Gasteiger partial charge on any atom is 0.341 e. The van der Waals surface area contributed by atoms with Crippen molar-refractivity contribution in [2.75, 3.05) is 6.61 Å². The van der Waals surface area contributed by atoms with Crippen molar-refractivity contribution < 1.29 is 19.4 Å². The molecule has 1 aromatic heterocycles. The second kappa shape index (κ2) is 6.12. The minimum Gasteiger partial charge on any atom is -0.482 e. The van der Waals surface area contributed by atoms with Crippen LogP contribution >= 0.6 is 0 Å². The average Bonchev–Trinajstić information content (AvgIpc) is 3.15. The predicted molar refractivity (Wildman–Crippen MR) is 81.4 cm³/mol. The average molecular weight is 315 g/mol. The number of carbonyl (C=O) groups is 2. The zero-order valence-corrected chi connectivity index (χ0v) is 12.6. The van der Waals surface area contributed by atoms with Crippen molar-refractivity contribution in [2.45, 2.75) is 18.4 Å². The van der Waals surface area contributed by atoms with Crippen molar-refractivity contribution in [3.8, 4) is 5.75 Å². The molecule has 0 radical (unpaired) electrons. The molecule has 3 rings (SSSR count). The lowest BCUT2D eigenvalue weighted by atomic mass is 10.2. The van der Waals surface area contributed by atoms with Gasteiger partial charge in [0.1, 0.15) is 5.75 Å². The maximum absolute atomic E-state index is 12.2. The van der Waals surface area contributed by atoms with Gasteiger partial charge in [-0.25, -0.2) is 4.79 Å². The highest BCUT2D eigenvalue weighted by atomic mass is 16.5. The molecule has 0 aliphatic heterocycles. The Morgan fingerprint density at radius 1 is 1.39 bits per heavy atom. The first kappa shape index (κ1) is 15.1. The summed E-state index contributed by atoms with van der Waals surface area (Å²) in [5, 5.41) is 15.7. The summed E-state index contributed by atoms with van der Waals surface area (Å²) >= 11 is 0. The first-order chi connectivity index (χ1) is 11.0. The Balaban J connectivity index is 1.54. The number of amides is 1. The second-order valence-corrected chi connectivity index (χ2v) is 5.58. The van der Waals surface area contributed by atoms with Crippen LogP contribution < -0.4 is 10.1 Å². The van der Waals surface area contributed by atoms with Crippen molar-refractivity contribution in [2.24, 2.45) is 7.05 Å². The standard InChI is InChI=1S/C16H17N3O4/c1-19-8-11(7-17-19)13-6-14(13)18-16(22)10-2-4-12(5-3-10)23-9-15(20)21/h2-5,7-8,13-14H,6,9H2,1H3,(H,18,22)(H,20,21)/t13-,14+/m0/s1. The number of carboxylic acid groups (broad SMARTS) is 1. The fourth-order valence-corrected chi connectivity index (χ4v) is 2.45. The van der Waals surface area contributed by atoms with E-state index in [9.17, 15) is 9.59 Å². The predicted octanol–water partition coefficient (Wildman–Crippen LogP) is 1.17. The fourth-order valence-electron chi connectivity index (χ4n) is 2.45. The molecule has 1 aromatic carbocycles. The Bertz CT molecular complexity index is 723. The quantitative estimate of drug-likeness (QED) is 0.834. The zero-order chi connectivity index (χ0) is 16.4. The molecule has 0 spiro atoms. The van der Waals surface area contributed by atoms with Gasteiger partial charge in [0.2, 0.25) is 0 Å². The molecular weight excluding hydrogens is 298 g/mol. The number of rotatable bonds is 6. The molecule has 2 N–H and O–H groups in total. The van der Waals surface area contributed by atoms with Gasteiger partial charge in [-0.1, -0.05) is 0 Å². The van der Waals surface area contributed by atoms with Gasteiger partial charge in [-0.3, -0.25) is 9.48 Å². The summed E-state index contributed by atoms with van der Waals surface area (Å²) in [6.07, 6.45) is 4.70. The van der Waals surface area contributed by atoms with E-state index >= 15 is 0 Å². The maximum atomic E-state index is 12.2. The van der Waals surface area contributed by atoms with E-state index in [4.69, 9.17) is 9.84 Å². The highest BCUT2D eigenvalue weighted by Gasteiger charge is 2.40.